The summed E-state index contributed by atoms with van der Waals surface area (Å²) in [7, 11) is 1.29. The fraction of sp³-hybridized carbons (Fsp3) is 0.263. The molecule has 5 heterocycles. The number of oxime groups is 1. The van der Waals surface area contributed by atoms with Gasteiger partial charge in [-0.2, -0.15) is 4.40 Å². The Kier molecular flexibility index (Phi) is 5.75. The van der Waals surface area contributed by atoms with E-state index in [4.69, 9.17) is 10.6 Å². The number of thioether (sulfide) groups is 1. The summed E-state index contributed by atoms with van der Waals surface area (Å²) in [6.45, 7) is 0.342. The average molecular weight is 521 g/mol. The number of fused-ring (bicyclic) bond motifs is 2. The third-order valence-electron chi connectivity index (χ3n) is 5.33. The van der Waals surface area contributed by atoms with Crippen LogP contribution in [0.2, 0.25) is 0 Å². The Balaban J connectivity index is 1.36. The monoisotopic (exact) mass is 520 g/mol. The van der Waals surface area contributed by atoms with Crippen molar-refractivity contribution in [3.63, 3.8) is 0 Å². The summed E-state index contributed by atoms with van der Waals surface area (Å²) in [4.78, 5) is 48.9. The molecule has 0 unspecified atom stereocenters. The summed E-state index contributed by atoms with van der Waals surface area (Å²) in [6.07, 6.45) is 5.68. The van der Waals surface area contributed by atoms with E-state index in [-0.39, 0.29) is 22.2 Å². The topological polar surface area (TPSA) is 156 Å². The van der Waals surface area contributed by atoms with Gasteiger partial charge in [0.2, 0.25) is 0 Å². The van der Waals surface area contributed by atoms with Crippen LogP contribution in [0.15, 0.2) is 45.8 Å². The number of carbonyl (C=O) groups excluding carboxylic acids is 2. The molecule has 2 aliphatic rings. The highest BCUT2D eigenvalue weighted by atomic mass is 32.2. The van der Waals surface area contributed by atoms with Crippen LogP contribution in [0.25, 0.3) is 4.96 Å². The second kappa shape index (κ2) is 8.73. The first-order valence-corrected chi connectivity index (χ1v) is 12.7. The minimum absolute atomic E-state index is 0.0410. The molecule has 1 fully saturated rings. The van der Waals surface area contributed by atoms with Crippen molar-refractivity contribution in [2.75, 3.05) is 18.6 Å². The number of aliphatic carboxylic acids is 1. The number of hydrogen-bond donors (Lipinski definition) is 3. The summed E-state index contributed by atoms with van der Waals surface area (Å²) >= 11 is 4.07. The number of aromatic nitrogens is 3. The van der Waals surface area contributed by atoms with Gasteiger partial charge in [0, 0.05) is 22.1 Å². The summed E-state index contributed by atoms with van der Waals surface area (Å²) in [5, 5.41) is 19.5. The summed E-state index contributed by atoms with van der Waals surface area (Å²) in [5.41, 5.74) is 6.32. The number of rotatable bonds is 7. The second-order valence-electron chi connectivity index (χ2n) is 7.33. The van der Waals surface area contributed by atoms with Gasteiger partial charge in [-0.25, -0.2) is 14.3 Å². The molecule has 0 saturated carbocycles. The zero-order valence-electron chi connectivity index (χ0n) is 17.6. The lowest BCUT2D eigenvalue weighted by atomic mass is 10.0. The molecule has 3 aromatic heterocycles. The van der Waals surface area contributed by atoms with Crippen LogP contribution in [0.1, 0.15) is 5.69 Å². The first kappa shape index (κ1) is 22.4. The summed E-state index contributed by atoms with van der Waals surface area (Å²) in [6, 6.07) is -0.905. The largest absolute Gasteiger partial charge is 0.477 e. The maximum atomic E-state index is 13.0. The number of carboxylic acid groups (broad SMARTS) is 1. The van der Waals surface area contributed by atoms with Crippen LogP contribution in [-0.2, 0) is 25.8 Å². The quantitative estimate of drug-likeness (QED) is 0.172. The average Bonchev–Trinajstić information content (AvgIpc) is 3.54. The van der Waals surface area contributed by atoms with E-state index in [9.17, 15) is 19.5 Å². The Morgan fingerprint density at radius 3 is 2.94 bits per heavy atom. The Bertz CT molecular complexity index is 1370. The van der Waals surface area contributed by atoms with Crippen LogP contribution >= 0.6 is 34.4 Å². The lowest BCUT2D eigenvalue weighted by molar-refractivity contribution is -0.660. The van der Waals surface area contributed by atoms with Crippen molar-refractivity contribution in [3.05, 3.63) is 46.3 Å². The van der Waals surface area contributed by atoms with E-state index in [1.54, 1.807) is 5.38 Å². The van der Waals surface area contributed by atoms with E-state index in [1.807, 2.05) is 32.9 Å². The number of imidazole rings is 1. The lowest BCUT2D eigenvalue weighted by Crippen LogP contribution is -2.71. The highest BCUT2D eigenvalue weighted by molar-refractivity contribution is 8.00. The first-order chi connectivity index (χ1) is 16.4. The number of amides is 2. The van der Waals surface area contributed by atoms with Crippen molar-refractivity contribution in [1.29, 1.82) is 0 Å². The molecular formula is C19H18N7O5S3+. The number of nitrogens with two attached hydrogens (primary N) is 1. The SMILES string of the molecule is CO/N=C(\C(=O)N[C@@H]1C(=O)N2C(C(=O)O)=C(C[n+]3ccn4ccsc43)CS[C@H]12)c1csc(N)n1. The number of hydrogen-bond acceptors (Lipinski definition) is 10. The second-order valence-corrected chi connectivity index (χ2v) is 10.2. The highest BCUT2D eigenvalue weighted by Gasteiger charge is 2.54. The van der Waals surface area contributed by atoms with E-state index in [0.29, 0.717) is 17.9 Å². The molecule has 15 heteroatoms. The summed E-state index contributed by atoms with van der Waals surface area (Å²) < 4.78 is 3.89. The van der Waals surface area contributed by atoms with Crippen molar-refractivity contribution in [2.24, 2.45) is 5.16 Å². The fourth-order valence-corrected chi connectivity index (χ4v) is 6.56. The fourth-order valence-electron chi connectivity index (χ4n) is 3.86. The molecule has 34 heavy (non-hydrogen) atoms. The van der Waals surface area contributed by atoms with Gasteiger partial charge in [-0.1, -0.05) is 16.5 Å². The predicted molar refractivity (Wildman–Crippen MR) is 125 cm³/mol. The smallest absolute Gasteiger partial charge is 0.352 e. The van der Waals surface area contributed by atoms with Crippen LogP contribution in [0.3, 0.4) is 0 Å². The van der Waals surface area contributed by atoms with E-state index >= 15 is 0 Å². The van der Waals surface area contributed by atoms with E-state index in [1.165, 1.54) is 35.1 Å². The Morgan fingerprint density at radius 1 is 1.41 bits per heavy atom. The third-order valence-corrected chi connectivity index (χ3v) is 8.26. The van der Waals surface area contributed by atoms with E-state index < -0.39 is 29.2 Å². The van der Waals surface area contributed by atoms with Gasteiger partial charge < -0.3 is 21.0 Å². The molecule has 0 radical (unpaired) electrons. The van der Waals surface area contributed by atoms with Gasteiger partial charge in [-0.05, 0) is 0 Å². The van der Waals surface area contributed by atoms with Crippen molar-refractivity contribution in [3.8, 4) is 0 Å². The molecule has 3 aromatic rings. The van der Waals surface area contributed by atoms with Gasteiger partial charge in [0.15, 0.2) is 10.8 Å². The molecule has 4 N–H and O–H groups in total. The lowest BCUT2D eigenvalue weighted by Gasteiger charge is -2.49. The van der Waals surface area contributed by atoms with Crippen LogP contribution in [0.4, 0.5) is 5.13 Å². The number of nitrogens with zero attached hydrogens (tertiary/aromatic N) is 5. The molecule has 0 aliphatic carbocycles. The van der Waals surface area contributed by atoms with Crippen molar-refractivity contribution < 1.29 is 28.9 Å². The van der Waals surface area contributed by atoms with Gasteiger partial charge in [0.25, 0.3) is 11.8 Å². The Labute approximate surface area is 204 Å². The normalized spacial score (nSPS) is 20.3. The van der Waals surface area contributed by atoms with Gasteiger partial charge in [-0.3, -0.25) is 14.5 Å². The molecule has 2 aliphatic heterocycles. The van der Waals surface area contributed by atoms with E-state index in [2.05, 4.69) is 15.5 Å². The van der Waals surface area contributed by atoms with E-state index in [0.717, 1.165) is 16.3 Å². The zero-order valence-corrected chi connectivity index (χ0v) is 20.0. The molecule has 2 amide bonds. The Morgan fingerprint density at radius 2 is 2.24 bits per heavy atom. The number of anilines is 1. The molecule has 176 valence electrons. The number of carbonyl (C=O) groups is 3. The highest BCUT2D eigenvalue weighted by Crippen LogP contribution is 2.40. The predicted octanol–water partition coefficient (Wildman–Crippen LogP) is 0.116. The zero-order chi connectivity index (χ0) is 24.0. The van der Waals surface area contributed by atoms with Gasteiger partial charge in [-0.15, -0.1) is 23.1 Å². The van der Waals surface area contributed by atoms with Crippen LogP contribution in [0.5, 0.6) is 0 Å². The van der Waals surface area contributed by atoms with Crippen molar-refractivity contribution in [1.82, 2.24) is 19.6 Å². The van der Waals surface area contributed by atoms with Gasteiger partial charge in [0.05, 0.1) is 0 Å². The van der Waals surface area contributed by atoms with Gasteiger partial charge >= 0.3 is 10.9 Å². The molecule has 0 bridgehead atoms. The molecule has 0 aromatic carbocycles. The number of nitrogen functional groups attached to an aromatic ring is 1. The van der Waals surface area contributed by atoms with Gasteiger partial charge in [0.1, 0.15) is 55.1 Å². The molecule has 2 atom stereocenters. The molecule has 5 rings (SSSR count). The molecule has 1 saturated heterocycles. The summed E-state index contributed by atoms with van der Waals surface area (Å²) in [5.74, 6) is -1.94. The van der Waals surface area contributed by atoms with Crippen LogP contribution < -0.4 is 15.6 Å². The number of nitrogens with one attached hydrogen (secondary N) is 1. The number of β-lactam (4-membered cyclic amide) rings is 1. The molecular weight excluding hydrogens is 502 g/mol. The van der Waals surface area contributed by atoms with Crippen LogP contribution in [0, 0.1) is 0 Å². The van der Waals surface area contributed by atoms with Crippen LogP contribution in [-0.4, -0.2) is 67.2 Å². The number of carboxylic acids is 1. The van der Waals surface area contributed by atoms with Crippen molar-refractivity contribution >= 4 is 68.0 Å². The maximum absolute atomic E-state index is 13.0. The minimum Gasteiger partial charge on any atom is -0.477 e. The number of thiazole rings is 2. The molecule has 0 spiro atoms. The van der Waals surface area contributed by atoms with Crippen molar-refractivity contribution in [2.45, 2.75) is 18.0 Å². The first-order valence-electron chi connectivity index (χ1n) is 9.86. The maximum Gasteiger partial charge on any atom is 0.352 e. The Hall–Kier alpha value is -3.43. The molecule has 12 nitrogen and oxygen atoms in total. The standard InChI is InChI=1S/C19H17N7O5S3/c1-31-23-11(10-8-34-18(20)21-10)14(27)22-12-15(28)26-13(17(29)30)9(7-33-16(12)26)6-25-3-2-24-4-5-32-19(24)25/h2-5,8,12,16H,6-7H2,1H3,(H3-,20,21,22,27,29,30)/p+1/b23-11-/t12-,16-/m1/s1. The minimum atomic E-state index is -1.18. The third kappa shape index (κ3) is 3.70.